The zero-order valence-corrected chi connectivity index (χ0v) is 19.9. The molecule has 0 aromatic heterocycles. The van der Waals surface area contributed by atoms with Gasteiger partial charge < -0.3 is 9.47 Å². The lowest BCUT2D eigenvalue weighted by Crippen LogP contribution is -2.32. The largest absolute Gasteiger partial charge is 0.492 e. The zero-order valence-electron chi connectivity index (χ0n) is 18.3. The number of nitrogens with zero attached hydrogens (tertiary/aromatic N) is 1. The summed E-state index contributed by atoms with van der Waals surface area (Å²) in [4.78, 5) is 26.5. The number of hydrogen-bond donors (Lipinski definition) is 0. The van der Waals surface area contributed by atoms with Crippen molar-refractivity contribution in [1.82, 2.24) is 4.90 Å². The van der Waals surface area contributed by atoms with Crippen LogP contribution in [0.1, 0.15) is 16.7 Å². The molecule has 0 N–H and O–H groups in total. The summed E-state index contributed by atoms with van der Waals surface area (Å²) in [5.74, 6) is 0.412. The van der Waals surface area contributed by atoms with E-state index in [0.29, 0.717) is 32.6 Å². The molecule has 0 saturated carbocycles. The summed E-state index contributed by atoms with van der Waals surface area (Å²) in [6.45, 7) is 2.51. The van der Waals surface area contributed by atoms with Crippen LogP contribution in [0.5, 0.6) is 11.5 Å². The first kappa shape index (κ1) is 23.9. The third-order valence-corrected chi connectivity index (χ3v) is 6.22. The first-order chi connectivity index (χ1) is 16.4. The molecule has 5 nitrogen and oxygen atoms in total. The molecular formula is C26H21ClFNO4S. The molecule has 3 aromatic rings. The molecule has 0 bridgehead atoms. The number of hydrogen-bond acceptors (Lipinski definition) is 5. The Morgan fingerprint density at radius 2 is 1.82 bits per heavy atom. The van der Waals surface area contributed by atoms with Crippen LogP contribution in [-0.4, -0.2) is 29.2 Å². The molecule has 0 atom stereocenters. The van der Waals surface area contributed by atoms with E-state index in [1.807, 2.05) is 31.2 Å². The van der Waals surface area contributed by atoms with Crippen LogP contribution >= 0.6 is 23.4 Å². The molecule has 4 rings (SSSR count). The van der Waals surface area contributed by atoms with Crippen molar-refractivity contribution in [2.24, 2.45) is 0 Å². The highest BCUT2D eigenvalue weighted by atomic mass is 35.5. The Labute approximate surface area is 206 Å². The Morgan fingerprint density at radius 3 is 2.56 bits per heavy atom. The van der Waals surface area contributed by atoms with Crippen LogP contribution in [0, 0.1) is 12.7 Å². The van der Waals surface area contributed by atoms with Crippen molar-refractivity contribution in [1.29, 1.82) is 0 Å². The maximum absolute atomic E-state index is 13.3. The van der Waals surface area contributed by atoms with Crippen LogP contribution in [0.3, 0.4) is 0 Å². The third kappa shape index (κ3) is 5.98. The van der Waals surface area contributed by atoms with E-state index in [1.54, 1.807) is 36.4 Å². The van der Waals surface area contributed by atoms with Crippen LogP contribution in [0.4, 0.5) is 9.18 Å². The van der Waals surface area contributed by atoms with Crippen LogP contribution < -0.4 is 9.47 Å². The molecule has 1 heterocycles. The molecule has 1 fully saturated rings. The third-order valence-electron chi connectivity index (χ3n) is 5.02. The van der Waals surface area contributed by atoms with Crippen molar-refractivity contribution >= 4 is 40.6 Å². The average Bonchev–Trinajstić information content (AvgIpc) is 3.07. The fraction of sp³-hybridized carbons (Fsp3) is 0.154. The lowest BCUT2D eigenvalue weighted by atomic mass is 10.2. The number of imide groups is 1. The van der Waals surface area contributed by atoms with Gasteiger partial charge in [-0.25, -0.2) is 4.39 Å². The lowest BCUT2D eigenvalue weighted by Gasteiger charge is -2.13. The van der Waals surface area contributed by atoms with Gasteiger partial charge in [0.25, 0.3) is 11.1 Å². The van der Waals surface area contributed by atoms with Crippen molar-refractivity contribution in [3.63, 3.8) is 0 Å². The fourth-order valence-corrected chi connectivity index (χ4v) is 4.35. The zero-order chi connectivity index (χ0) is 24.1. The first-order valence-corrected chi connectivity index (χ1v) is 11.7. The standard InChI is InChI=1S/C26H21ClFNO4S/c1-17-5-8-21(9-6-17)32-12-11-29-25(30)24(34-26(29)31)15-18-7-10-23(22(27)14-18)33-16-19-3-2-4-20(28)13-19/h2-10,13-15H,11-12,16H2,1H3/b24-15-. The molecule has 0 unspecified atom stereocenters. The predicted octanol–water partition coefficient (Wildman–Crippen LogP) is 6.48. The fourth-order valence-electron chi connectivity index (χ4n) is 3.25. The van der Waals surface area contributed by atoms with Gasteiger partial charge in [-0.05, 0) is 72.3 Å². The minimum Gasteiger partial charge on any atom is -0.492 e. The van der Waals surface area contributed by atoms with E-state index >= 15 is 0 Å². The Bertz CT molecular complexity index is 1250. The molecule has 1 aliphatic heterocycles. The van der Waals surface area contributed by atoms with E-state index in [1.165, 1.54) is 17.0 Å². The Balaban J connectivity index is 1.36. The van der Waals surface area contributed by atoms with Crippen molar-refractivity contribution in [2.45, 2.75) is 13.5 Å². The van der Waals surface area contributed by atoms with Gasteiger partial charge in [0, 0.05) is 0 Å². The predicted molar refractivity (Wildman–Crippen MR) is 132 cm³/mol. The number of benzene rings is 3. The Hall–Kier alpha value is -3.29. The summed E-state index contributed by atoms with van der Waals surface area (Å²) in [5, 5.41) is 0.000722. The highest BCUT2D eigenvalue weighted by Gasteiger charge is 2.34. The normalized spacial score (nSPS) is 14.7. The van der Waals surface area contributed by atoms with E-state index in [2.05, 4.69) is 0 Å². The SMILES string of the molecule is Cc1ccc(OCCN2C(=O)S/C(=C\c3ccc(OCc4cccc(F)c4)c(Cl)c3)C2=O)cc1. The van der Waals surface area contributed by atoms with E-state index in [0.717, 1.165) is 17.3 Å². The first-order valence-electron chi connectivity index (χ1n) is 10.5. The number of amides is 2. The smallest absolute Gasteiger partial charge is 0.293 e. The van der Waals surface area contributed by atoms with Crippen molar-refractivity contribution in [3.8, 4) is 11.5 Å². The van der Waals surface area contributed by atoms with Crippen LogP contribution in [0.15, 0.2) is 71.6 Å². The number of carbonyl (C=O) groups is 2. The summed E-state index contributed by atoms with van der Waals surface area (Å²) < 4.78 is 24.6. The molecule has 3 aromatic carbocycles. The number of thioether (sulfide) groups is 1. The summed E-state index contributed by atoms with van der Waals surface area (Å²) in [6, 6.07) is 18.7. The summed E-state index contributed by atoms with van der Waals surface area (Å²) >= 11 is 7.21. The molecule has 0 radical (unpaired) electrons. The van der Waals surface area contributed by atoms with Crippen molar-refractivity contribution < 1.29 is 23.5 Å². The monoisotopic (exact) mass is 497 g/mol. The number of rotatable bonds is 8. The summed E-state index contributed by atoms with van der Waals surface area (Å²) in [7, 11) is 0. The Morgan fingerprint density at radius 1 is 1.03 bits per heavy atom. The van der Waals surface area contributed by atoms with Gasteiger partial charge in [-0.15, -0.1) is 0 Å². The average molecular weight is 498 g/mol. The maximum atomic E-state index is 13.3. The number of carbonyl (C=O) groups excluding carboxylic acids is 2. The van der Waals surface area contributed by atoms with Crippen LogP contribution in [0.2, 0.25) is 5.02 Å². The summed E-state index contributed by atoms with van der Waals surface area (Å²) in [5.41, 5.74) is 2.46. The van der Waals surface area contributed by atoms with E-state index < -0.39 is 0 Å². The number of ether oxygens (including phenoxy) is 2. The highest BCUT2D eigenvalue weighted by Crippen LogP contribution is 2.34. The molecule has 1 saturated heterocycles. The Kier molecular flexibility index (Phi) is 7.55. The molecule has 34 heavy (non-hydrogen) atoms. The highest BCUT2D eigenvalue weighted by molar-refractivity contribution is 8.18. The van der Waals surface area contributed by atoms with Gasteiger partial charge in [-0.1, -0.05) is 47.5 Å². The van der Waals surface area contributed by atoms with Gasteiger partial charge >= 0.3 is 0 Å². The molecule has 0 spiro atoms. The number of aryl methyl sites for hydroxylation is 1. The maximum Gasteiger partial charge on any atom is 0.293 e. The van der Waals surface area contributed by atoms with E-state index in [4.69, 9.17) is 21.1 Å². The minimum atomic E-state index is -0.370. The summed E-state index contributed by atoms with van der Waals surface area (Å²) in [6.07, 6.45) is 1.62. The molecule has 174 valence electrons. The lowest BCUT2D eigenvalue weighted by molar-refractivity contribution is -0.123. The number of halogens is 2. The topological polar surface area (TPSA) is 55.8 Å². The second-order valence-electron chi connectivity index (χ2n) is 7.60. The quantitative estimate of drug-likeness (QED) is 0.333. The van der Waals surface area contributed by atoms with Crippen molar-refractivity contribution in [3.05, 3.63) is 99.2 Å². The molecule has 8 heteroatoms. The molecular weight excluding hydrogens is 477 g/mol. The van der Waals surface area contributed by atoms with Gasteiger partial charge in [-0.3, -0.25) is 14.5 Å². The van der Waals surface area contributed by atoms with Gasteiger partial charge in [0.05, 0.1) is 16.5 Å². The van der Waals surface area contributed by atoms with E-state index in [9.17, 15) is 14.0 Å². The molecule has 2 amide bonds. The van der Waals surface area contributed by atoms with Gasteiger partial charge in [-0.2, -0.15) is 0 Å². The second kappa shape index (κ2) is 10.8. The van der Waals surface area contributed by atoms with Gasteiger partial charge in [0.2, 0.25) is 0 Å². The van der Waals surface area contributed by atoms with Gasteiger partial charge in [0.1, 0.15) is 30.5 Å². The van der Waals surface area contributed by atoms with Gasteiger partial charge in [0.15, 0.2) is 0 Å². The molecule has 1 aliphatic rings. The van der Waals surface area contributed by atoms with Crippen LogP contribution in [-0.2, 0) is 11.4 Å². The van der Waals surface area contributed by atoms with Crippen LogP contribution in [0.25, 0.3) is 6.08 Å². The van der Waals surface area contributed by atoms with Crippen molar-refractivity contribution in [2.75, 3.05) is 13.2 Å². The molecule has 0 aliphatic carbocycles. The van der Waals surface area contributed by atoms with E-state index in [-0.39, 0.29) is 36.7 Å². The second-order valence-corrected chi connectivity index (χ2v) is 9.00. The minimum absolute atomic E-state index is 0.156.